The predicted molar refractivity (Wildman–Crippen MR) is 110 cm³/mol. The van der Waals surface area contributed by atoms with Crippen molar-refractivity contribution in [1.29, 1.82) is 0 Å². The smallest absolute Gasteiger partial charge is 0.410 e. The minimum atomic E-state index is -0.749. The van der Waals surface area contributed by atoms with E-state index in [0.717, 1.165) is 36.1 Å². The topological polar surface area (TPSA) is 48.0 Å². The summed E-state index contributed by atoms with van der Waals surface area (Å²) < 4.78 is 18.3. The number of hydrogen-bond acceptors (Lipinski definition) is 5. The van der Waals surface area contributed by atoms with Crippen molar-refractivity contribution in [2.45, 2.75) is 53.9 Å². The molecular weight excluding hydrogens is 386 g/mol. The molecule has 0 radical (unpaired) electrons. The molecule has 0 aliphatic carbocycles. The van der Waals surface area contributed by atoms with Gasteiger partial charge in [-0.15, -0.1) is 0 Å². The van der Waals surface area contributed by atoms with Crippen LogP contribution < -0.4 is 0 Å². The van der Waals surface area contributed by atoms with Crippen molar-refractivity contribution in [1.82, 2.24) is 4.90 Å². The summed E-state index contributed by atoms with van der Waals surface area (Å²) in [5.41, 5.74) is 1.02. The van der Waals surface area contributed by atoms with E-state index in [9.17, 15) is 4.79 Å². The van der Waals surface area contributed by atoms with Crippen LogP contribution >= 0.6 is 11.8 Å². The fourth-order valence-corrected chi connectivity index (χ4v) is 5.72. The molecule has 3 fully saturated rings. The quantitative estimate of drug-likeness (QED) is 0.710. The van der Waals surface area contributed by atoms with E-state index >= 15 is 0 Å². The summed E-state index contributed by atoms with van der Waals surface area (Å²) in [7, 11) is 0. The summed E-state index contributed by atoms with van der Waals surface area (Å²) in [6, 6.07) is 20.1. The van der Waals surface area contributed by atoms with Gasteiger partial charge in [-0.25, -0.2) is 4.79 Å². The third kappa shape index (κ3) is 3.65. The SMILES string of the molecule is O=C1OC[C@H](c2ccccc2)N1[C@H]1C[C@H](Sc2ccccc2)O[C@@]12CCCCO2. The third-order valence-corrected chi connectivity index (χ3v) is 7.06. The molecule has 2 aromatic carbocycles. The average molecular weight is 412 g/mol. The van der Waals surface area contributed by atoms with Crippen molar-refractivity contribution in [3.8, 4) is 0 Å². The van der Waals surface area contributed by atoms with Crippen molar-refractivity contribution in [3.63, 3.8) is 0 Å². The summed E-state index contributed by atoms with van der Waals surface area (Å²) in [4.78, 5) is 15.9. The first kappa shape index (κ1) is 19.0. The van der Waals surface area contributed by atoms with Gasteiger partial charge in [-0.2, -0.15) is 0 Å². The van der Waals surface area contributed by atoms with Crippen molar-refractivity contribution in [2.75, 3.05) is 13.2 Å². The predicted octanol–water partition coefficient (Wildman–Crippen LogP) is 4.98. The van der Waals surface area contributed by atoms with Crippen LogP contribution in [-0.4, -0.2) is 41.5 Å². The van der Waals surface area contributed by atoms with E-state index in [2.05, 4.69) is 24.3 Å². The number of hydrogen-bond donors (Lipinski definition) is 0. The number of carbonyl (C=O) groups is 1. The van der Waals surface area contributed by atoms with Gasteiger partial charge in [0.1, 0.15) is 12.0 Å². The number of amides is 1. The molecule has 1 amide bonds. The third-order valence-electron chi connectivity index (χ3n) is 5.96. The lowest BCUT2D eigenvalue weighted by atomic mass is 9.94. The van der Waals surface area contributed by atoms with Crippen LogP contribution in [0.15, 0.2) is 65.6 Å². The van der Waals surface area contributed by atoms with E-state index in [0.29, 0.717) is 13.2 Å². The van der Waals surface area contributed by atoms with Gasteiger partial charge in [-0.1, -0.05) is 60.3 Å². The molecule has 152 valence electrons. The van der Waals surface area contributed by atoms with Crippen LogP contribution in [0, 0.1) is 0 Å². The number of benzene rings is 2. The molecule has 3 heterocycles. The molecule has 3 aliphatic rings. The van der Waals surface area contributed by atoms with Gasteiger partial charge in [0.15, 0.2) is 5.79 Å². The maximum atomic E-state index is 12.8. The van der Waals surface area contributed by atoms with Crippen LogP contribution in [0.2, 0.25) is 0 Å². The fraction of sp³-hybridized carbons (Fsp3) is 0.435. The zero-order valence-corrected chi connectivity index (χ0v) is 17.1. The van der Waals surface area contributed by atoms with Gasteiger partial charge in [0.2, 0.25) is 0 Å². The van der Waals surface area contributed by atoms with Crippen LogP contribution in [0.3, 0.4) is 0 Å². The molecule has 1 spiro atoms. The number of cyclic esters (lactones) is 1. The van der Waals surface area contributed by atoms with E-state index in [1.165, 1.54) is 0 Å². The first-order valence-corrected chi connectivity index (χ1v) is 11.2. The van der Waals surface area contributed by atoms with Gasteiger partial charge < -0.3 is 14.2 Å². The van der Waals surface area contributed by atoms with E-state index in [1.807, 2.05) is 41.3 Å². The molecule has 6 heteroatoms. The van der Waals surface area contributed by atoms with Crippen LogP contribution in [0.25, 0.3) is 0 Å². The van der Waals surface area contributed by atoms with Gasteiger partial charge in [0.25, 0.3) is 0 Å². The Morgan fingerprint density at radius 2 is 1.76 bits per heavy atom. The largest absolute Gasteiger partial charge is 0.447 e. The number of ether oxygens (including phenoxy) is 3. The van der Waals surface area contributed by atoms with Gasteiger partial charge in [0.05, 0.1) is 18.7 Å². The summed E-state index contributed by atoms with van der Waals surface area (Å²) in [5, 5.41) is 0. The molecular formula is C23H25NO4S. The lowest BCUT2D eigenvalue weighted by Crippen LogP contribution is -2.54. The Hall–Kier alpha value is -2.02. The van der Waals surface area contributed by atoms with Gasteiger partial charge >= 0.3 is 6.09 Å². The summed E-state index contributed by atoms with van der Waals surface area (Å²) in [6.45, 7) is 1.03. The van der Waals surface area contributed by atoms with Gasteiger partial charge in [-0.3, -0.25) is 4.90 Å². The molecule has 3 saturated heterocycles. The Kier molecular flexibility index (Phi) is 5.24. The fourth-order valence-electron chi connectivity index (χ4n) is 4.61. The maximum Gasteiger partial charge on any atom is 0.410 e. The second-order valence-corrected chi connectivity index (χ2v) is 8.99. The molecule has 5 nitrogen and oxygen atoms in total. The zero-order valence-electron chi connectivity index (χ0n) is 16.2. The van der Waals surface area contributed by atoms with E-state index in [1.54, 1.807) is 11.8 Å². The number of nitrogens with zero attached hydrogens (tertiary/aromatic N) is 1. The highest BCUT2D eigenvalue weighted by Gasteiger charge is 2.57. The van der Waals surface area contributed by atoms with E-state index in [4.69, 9.17) is 14.2 Å². The van der Waals surface area contributed by atoms with E-state index < -0.39 is 5.79 Å². The van der Waals surface area contributed by atoms with Crippen LogP contribution in [0.1, 0.15) is 37.3 Å². The molecule has 0 bridgehead atoms. The van der Waals surface area contributed by atoms with Crippen molar-refractivity contribution in [3.05, 3.63) is 66.2 Å². The van der Waals surface area contributed by atoms with Crippen LogP contribution in [-0.2, 0) is 14.2 Å². The van der Waals surface area contributed by atoms with Crippen molar-refractivity contribution in [2.24, 2.45) is 0 Å². The van der Waals surface area contributed by atoms with Crippen molar-refractivity contribution >= 4 is 17.9 Å². The number of rotatable bonds is 4. The van der Waals surface area contributed by atoms with Gasteiger partial charge in [0, 0.05) is 17.7 Å². The molecule has 0 aromatic heterocycles. The summed E-state index contributed by atoms with van der Waals surface area (Å²) >= 11 is 1.70. The van der Waals surface area contributed by atoms with Crippen LogP contribution in [0.4, 0.5) is 4.79 Å². The van der Waals surface area contributed by atoms with Crippen molar-refractivity contribution < 1.29 is 19.0 Å². The average Bonchev–Trinajstić information content (AvgIpc) is 3.30. The Bertz CT molecular complexity index is 840. The van der Waals surface area contributed by atoms with E-state index in [-0.39, 0.29) is 23.6 Å². The molecule has 0 saturated carbocycles. The molecule has 3 aliphatic heterocycles. The lowest BCUT2D eigenvalue weighted by molar-refractivity contribution is -0.254. The monoisotopic (exact) mass is 411 g/mol. The Morgan fingerprint density at radius 1 is 1.00 bits per heavy atom. The molecule has 4 atom stereocenters. The minimum Gasteiger partial charge on any atom is -0.447 e. The number of carbonyl (C=O) groups excluding carboxylic acids is 1. The first-order valence-electron chi connectivity index (χ1n) is 10.3. The normalized spacial score (nSPS) is 31.9. The molecule has 5 rings (SSSR count). The van der Waals surface area contributed by atoms with Gasteiger partial charge in [-0.05, 0) is 30.5 Å². The Morgan fingerprint density at radius 3 is 2.48 bits per heavy atom. The summed E-state index contributed by atoms with van der Waals surface area (Å²) in [5.74, 6) is -0.749. The molecule has 29 heavy (non-hydrogen) atoms. The Labute approximate surface area is 175 Å². The Balaban J connectivity index is 1.44. The second-order valence-electron chi connectivity index (χ2n) is 7.76. The first-order chi connectivity index (χ1) is 14.3. The molecule has 0 N–H and O–H groups in total. The maximum absolute atomic E-state index is 12.8. The minimum absolute atomic E-state index is 0.0645. The lowest BCUT2D eigenvalue weighted by Gasteiger charge is -2.41. The highest BCUT2D eigenvalue weighted by molar-refractivity contribution is 7.99. The highest BCUT2D eigenvalue weighted by atomic mass is 32.2. The second kappa shape index (κ2) is 8.01. The van der Waals surface area contributed by atoms with Crippen LogP contribution in [0.5, 0.6) is 0 Å². The molecule has 2 aromatic rings. The summed E-state index contributed by atoms with van der Waals surface area (Å²) in [6.07, 6.45) is 3.32. The molecule has 0 unspecified atom stereocenters. The zero-order chi connectivity index (χ0) is 19.7. The highest BCUT2D eigenvalue weighted by Crippen LogP contribution is 2.49. The standard InChI is InChI=1S/C23H25NO4S/c25-22-24(19(16-26-22)17-9-3-1-4-10-17)20-15-21(29-18-11-5-2-6-12-18)28-23(20)13-7-8-14-27-23/h1-6,9-12,19-21H,7-8,13-16H2/t19-,20+,21+,23+/m1/s1. The number of thioether (sulfide) groups is 1.